The molecule has 1 aromatic heterocycles. The molecule has 0 radical (unpaired) electrons. The average Bonchev–Trinajstić information content (AvgIpc) is 2.33. The fourth-order valence-corrected chi connectivity index (χ4v) is 1.18. The largest absolute Gasteiger partial charge is 0.477 e. The normalized spacial score (nSPS) is 14.5. The second-order valence-electron chi connectivity index (χ2n) is 2.58. The van der Waals surface area contributed by atoms with Gasteiger partial charge in [0.1, 0.15) is 0 Å². The molecule has 52 valence electrons. The van der Waals surface area contributed by atoms with Gasteiger partial charge < -0.3 is 4.74 Å². The Morgan fingerprint density at radius 3 is 3.40 bits per heavy atom. The van der Waals surface area contributed by atoms with Crippen LogP contribution in [0.4, 0.5) is 0 Å². The Balaban J connectivity index is 2.52. The number of hydrogen-bond donors (Lipinski definition) is 0. The molecule has 10 heavy (non-hydrogen) atoms. The standard InChI is InChI=1S/C8H9NO/c1-6-4-7-2-3-10-8(7)9-5-6/h4-5H,2-3H2,1H3. The van der Waals surface area contributed by atoms with Crippen molar-refractivity contribution in [3.05, 3.63) is 23.4 Å². The summed E-state index contributed by atoms with van der Waals surface area (Å²) in [6, 6.07) is 2.13. The Morgan fingerprint density at radius 1 is 1.60 bits per heavy atom. The molecular formula is C8H9NO. The molecule has 1 aliphatic rings. The minimum Gasteiger partial charge on any atom is -0.477 e. The van der Waals surface area contributed by atoms with Crippen LogP contribution in [0.15, 0.2) is 12.3 Å². The van der Waals surface area contributed by atoms with Crippen LogP contribution in [0.3, 0.4) is 0 Å². The van der Waals surface area contributed by atoms with Gasteiger partial charge in [0.2, 0.25) is 5.88 Å². The second-order valence-corrected chi connectivity index (χ2v) is 2.58. The maximum atomic E-state index is 5.24. The van der Waals surface area contributed by atoms with Crippen molar-refractivity contribution < 1.29 is 4.74 Å². The molecule has 0 saturated carbocycles. The fourth-order valence-electron chi connectivity index (χ4n) is 1.18. The molecule has 2 rings (SSSR count). The monoisotopic (exact) mass is 135 g/mol. The van der Waals surface area contributed by atoms with Gasteiger partial charge in [-0.3, -0.25) is 0 Å². The zero-order valence-corrected chi connectivity index (χ0v) is 5.92. The van der Waals surface area contributed by atoms with Crippen molar-refractivity contribution >= 4 is 0 Å². The summed E-state index contributed by atoms with van der Waals surface area (Å²) in [7, 11) is 0. The van der Waals surface area contributed by atoms with Crippen molar-refractivity contribution in [2.24, 2.45) is 0 Å². The van der Waals surface area contributed by atoms with E-state index in [1.54, 1.807) is 0 Å². The summed E-state index contributed by atoms with van der Waals surface area (Å²) >= 11 is 0. The highest BCUT2D eigenvalue weighted by molar-refractivity contribution is 5.32. The van der Waals surface area contributed by atoms with Crippen LogP contribution < -0.4 is 4.74 Å². The van der Waals surface area contributed by atoms with Crippen LogP contribution in [0.5, 0.6) is 5.88 Å². The molecule has 0 aliphatic carbocycles. The van der Waals surface area contributed by atoms with Crippen molar-refractivity contribution in [1.29, 1.82) is 0 Å². The summed E-state index contributed by atoms with van der Waals surface area (Å²) < 4.78 is 5.24. The van der Waals surface area contributed by atoms with Gasteiger partial charge in [0.05, 0.1) is 6.61 Å². The first-order valence-electron chi connectivity index (χ1n) is 3.44. The van der Waals surface area contributed by atoms with E-state index >= 15 is 0 Å². The molecule has 1 aromatic rings. The van der Waals surface area contributed by atoms with E-state index in [1.807, 2.05) is 13.1 Å². The van der Waals surface area contributed by atoms with E-state index in [2.05, 4.69) is 11.1 Å². The van der Waals surface area contributed by atoms with Crippen LogP contribution in [0.25, 0.3) is 0 Å². The maximum absolute atomic E-state index is 5.24. The quantitative estimate of drug-likeness (QED) is 0.535. The first-order chi connectivity index (χ1) is 4.86. The number of rotatable bonds is 0. The molecule has 0 amide bonds. The van der Waals surface area contributed by atoms with Gasteiger partial charge in [0.25, 0.3) is 0 Å². The van der Waals surface area contributed by atoms with Crippen molar-refractivity contribution in [2.75, 3.05) is 6.61 Å². The molecule has 0 saturated heterocycles. The Hall–Kier alpha value is -1.05. The summed E-state index contributed by atoms with van der Waals surface area (Å²) in [5, 5.41) is 0. The first-order valence-corrected chi connectivity index (χ1v) is 3.44. The molecule has 0 N–H and O–H groups in total. The van der Waals surface area contributed by atoms with Crippen LogP contribution in [0, 0.1) is 6.92 Å². The van der Waals surface area contributed by atoms with Crippen LogP contribution in [0.2, 0.25) is 0 Å². The van der Waals surface area contributed by atoms with Crippen LogP contribution >= 0.6 is 0 Å². The maximum Gasteiger partial charge on any atom is 0.216 e. The summed E-state index contributed by atoms with van der Waals surface area (Å²) in [4.78, 5) is 4.14. The van der Waals surface area contributed by atoms with Crippen molar-refractivity contribution in [2.45, 2.75) is 13.3 Å². The third-order valence-electron chi connectivity index (χ3n) is 1.67. The van der Waals surface area contributed by atoms with Gasteiger partial charge in [-0.25, -0.2) is 4.98 Å². The summed E-state index contributed by atoms with van der Waals surface area (Å²) in [6.45, 7) is 2.84. The predicted octanol–water partition coefficient (Wildman–Crippen LogP) is 1.32. The van der Waals surface area contributed by atoms with E-state index in [0.717, 1.165) is 18.9 Å². The molecule has 0 spiro atoms. The lowest BCUT2D eigenvalue weighted by atomic mass is 10.2. The number of ether oxygens (including phenoxy) is 1. The van der Waals surface area contributed by atoms with Crippen LogP contribution in [-0.2, 0) is 6.42 Å². The van der Waals surface area contributed by atoms with Gasteiger partial charge in [0.15, 0.2) is 0 Å². The molecule has 0 bridgehead atoms. The number of pyridine rings is 1. The lowest BCUT2D eigenvalue weighted by Crippen LogP contribution is -1.87. The number of aryl methyl sites for hydroxylation is 1. The van der Waals surface area contributed by atoms with E-state index in [-0.39, 0.29) is 0 Å². The van der Waals surface area contributed by atoms with Gasteiger partial charge in [-0.15, -0.1) is 0 Å². The highest BCUT2D eigenvalue weighted by Gasteiger charge is 2.11. The first kappa shape index (κ1) is 5.71. The molecule has 1 aliphatic heterocycles. The van der Waals surface area contributed by atoms with Crippen molar-refractivity contribution in [1.82, 2.24) is 4.98 Å². The van der Waals surface area contributed by atoms with Crippen molar-refractivity contribution in [3.8, 4) is 5.88 Å². The SMILES string of the molecule is Cc1cnc2c(c1)CCO2. The van der Waals surface area contributed by atoms with Crippen molar-refractivity contribution in [3.63, 3.8) is 0 Å². The highest BCUT2D eigenvalue weighted by atomic mass is 16.5. The molecular weight excluding hydrogens is 126 g/mol. The lowest BCUT2D eigenvalue weighted by molar-refractivity contribution is 0.345. The minimum absolute atomic E-state index is 0.797. The van der Waals surface area contributed by atoms with E-state index in [4.69, 9.17) is 4.74 Å². The Bertz CT molecular complexity index is 257. The Labute approximate surface area is 59.9 Å². The third-order valence-corrected chi connectivity index (χ3v) is 1.67. The van der Waals surface area contributed by atoms with Crippen LogP contribution in [0.1, 0.15) is 11.1 Å². The number of nitrogens with zero attached hydrogens (tertiary/aromatic N) is 1. The van der Waals surface area contributed by atoms with Crippen LogP contribution in [-0.4, -0.2) is 11.6 Å². The topological polar surface area (TPSA) is 22.1 Å². The summed E-state index contributed by atoms with van der Waals surface area (Å²) in [6.07, 6.45) is 2.86. The Kier molecular flexibility index (Phi) is 1.13. The van der Waals surface area contributed by atoms with E-state index < -0.39 is 0 Å². The fraction of sp³-hybridized carbons (Fsp3) is 0.375. The minimum atomic E-state index is 0.797. The van der Waals surface area contributed by atoms with Gasteiger partial charge in [-0.1, -0.05) is 0 Å². The zero-order chi connectivity index (χ0) is 6.97. The molecule has 0 atom stereocenters. The molecule has 2 heterocycles. The molecule has 0 aromatic carbocycles. The van der Waals surface area contributed by atoms with E-state index in [1.165, 1.54) is 11.1 Å². The Morgan fingerprint density at radius 2 is 2.50 bits per heavy atom. The molecule has 2 heteroatoms. The van der Waals surface area contributed by atoms with E-state index in [0.29, 0.717) is 0 Å². The zero-order valence-electron chi connectivity index (χ0n) is 5.92. The van der Waals surface area contributed by atoms with Gasteiger partial charge in [-0.05, 0) is 18.6 Å². The second kappa shape index (κ2) is 1.97. The smallest absolute Gasteiger partial charge is 0.216 e. The van der Waals surface area contributed by atoms with Gasteiger partial charge in [0, 0.05) is 18.2 Å². The number of hydrogen-bond acceptors (Lipinski definition) is 2. The predicted molar refractivity (Wildman–Crippen MR) is 38.2 cm³/mol. The molecule has 0 fully saturated rings. The summed E-state index contributed by atoms with van der Waals surface area (Å²) in [5.74, 6) is 0.825. The number of fused-ring (bicyclic) bond motifs is 1. The van der Waals surface area contributed by atoms with Gasteiger partial charge >= 0.3 is 0 Å². The third kappa shape index (κ3) is 0.764. The molecule has 2 nitrogen and oxygen atoms in total. The summed E-state index contributed by atoms with van der Waals surface area (Å²) in [5.41, 5.74) is 2.46. The molecule has 0 unspecified atom stereocenters. The average molecular weight is 135 g/mol. The number of aromatic nitrogens is 1. The lowest BCUT2D eigenvalue weighted by Gasteiger charge is -1.96. The van der Waals surface area contributed by atoms with Gasteiger partial charge in [-0.2, -0.15) is 0 Å². The highest BCUT2D eigenvalue weighted by Crippen LogP contribution is 2.21. The van der Waals surface area contributed by atoms with E-state index in [9.17, 15) is 0 Å².